The number of ether oxygens (including phenoxy) is 3. The zero-order chi connectivity index (χ0) is 20.8. The van der Waals surface area contributed by atoms with E-state index >= 15 is 0 Å². The molecule has 30 heavy (non-hydrogen) atoms. The first kappa shape index (κ1) is 18.7. The lowest BCUT2D eigenvalue weighted by Gasteiger charge is -2.36. The van der Waals surface area contributed by atoms with Crippen molar-refractivity contribution in [2.75, 3.05) is 26.1 Å². The maximum atomic E-state index is 12.9. The Morgan fingerprint density at radius 2 is 1.93 bits per heavy atom. The highest BCUT2D eigenvalue weighted by Gasteiger charge is 2.44. The fourth-order valence-corrected chi connectivity index (χ4v) is 4.60. The molecule has 1 aromatic heterocycles. The number of nitrogens with one attached hydrogen (secondary N) is 1. The van der Waals surface area contributed by atoms with Gasteiger partial charge >= 0.3 is 11.6 Å². The SMILES string of the molecule is COC(=O)c1ccc([C@H]2Nc3c(c4cccc(OC)c4oc3=O)[C@H]3OCC[C@@H]23)cc1. The molecule has 7 nitrogen and oxygen atoms in total. The highest BCUT2D eigenvalue weighted by molar-refractivity contribution is 5.90. The van der Waals surface area contributed by atoms with Gasteiger partial charge in [0.05, 0.1) is 31.9 Å². The van der Waals surface area contributed by atoms with Gasteiger partial charge in [-0.25, -0.2) is 9.59 Å². The largest absolute Gasteiger partial charge is 0.493 e. The van der Waals surface area contributed by atoms with E-state index in [1.807, 2.05) is 24.3 Å². The molecule has 1 saturated heterocycles. The van der Waals surface area contributed by atoms with Gasteiger partial charge in [-0.15, -0.1) is 0 Å². The third kappa shape index (κ3) is 2.77. The van der Waals surface area contributed by atoms with Gasteiger partial charge in [0, 0.05) is 23.5 Å². The molecule has 3 aromatic rings. The highest BCUT2D eigenvalue weighted by atomic mass is 16.5. The van der Waals surface area contributed by atoms with Gasteiger partial charge in [0.2, 0.25) is 0 Å². The molecule has 0 unspecified atom stereocenters. The minimum atomic E-state index is -0.452. The number of carbonyl (C=O) groups is 1. The van der Waals surface area contributed by atoms with Crippen LogP contribution in [0.3, 0.4) is 0 Å². The van der Waals surface area contributed by atoms with Crippen molar-refractivity contribution in [3.05, 3.63) is 69.6 Å². The molecule has 2 aliphatic heterocycles. The number of hydrogen-bond donors (Lipinski definition) is 1. The molecule has 3 atom stereocenters. The van der Waals surface area contributed by atoms with Crippen LogP contribution < -0.4 is 15.7 Å². The van der Waals surface area contributed by atoms with E-state index in [1.54, 1.807) is 25.3 Å². The number of esters is 1. The van der Waals surface area contributed by atoms with E-state index in [0.717, 1.165) is 22.9 Å². The van der Waals surface area contributed by atoms with Crippen LogP contribution in [0.5, 0.6) is 5.75 Å². The topological polar surface area (TPSA) is 87.0 Å². The van der Waals surface area contributed by atoms with Crippen LogP contribution in [-0.2, 0) is 9.47 Å². The molecular weight excluding hydrogens is 386 g/mol. The lowest BCUT2D eigenvalue weighted by molar-refractivity contribution is 0.0600. The molecule has 0 spiro atoms. The molecule has 1 N–H and O–H groups in total. The second kappa shape index (κ2) is 7.18. The molecule has 154 valence electrons. The van der Waals surface area contributed by atoms with Gasteiger partial charge in [-0.05, 0) is 30.2 Å². The van der Waals surface area contributed by atoms with E-state index in [-0.39, 0.29) is 24.0 Å². The number of methoxy groups -OCH3 is 2. The predicted octanol–water partition coefficient (Wildman–Crippen LogP) is 3.83. The molecular formula is C23H21NO6. The Balaban J connectivity index is 1.63. The first-order valence-electron chi connectivity index (χ1n) is 9.82. The van der Waals surface area contributed by atoms with Gasteiger partial charge in [0.1, 0.15) is 5.69 Å². The molecule has 0 radical (unpaired) electrons. The number of fused-ring (bicyclic) bond motifs is 5. The van der Waals surface area contributed by atoms with Crippen LogP contribution in [-0.4, -0.2) is 26.8 Å². The molecule has 2 aromatic carbocycles. The van der Waals surface area contributed by atoms with Crippen molar-refractivity contribution in [1.82, 2.24) is 0 Å². The summed E-state index contributed by atoms with van der Waals surface area (Å²) in [4.78, 5) is 24.6. The summed E-state index contributed by atoms with van der Waals surface area (Å²) >= 11 is 0. The fraction of sp³-hybridized carbons (Fsp3) is 0.304. The van der Waals surface area contributed by atoms with E-state index in [4.69, 9.17) is 18.6 Å². The summed E-state index contributed by atoms with van der Waals surface area (Å²) in [5.74, 6) is 0.270. The van der Waals surface area contributed by atoms with Gasteiger partial charge in [0.25, 0.3) is 0 Å². The second-order valence-corrected chi connectivity index (χ2v) is 7.49. The van der Waals surface area contributed by atoms with Crippen LogP contribution in [0.4, 0.5) is 5.69 Å². The van der Waals surface area contributed by atoms with E-state index in [0.29, 0.717) is 29.2 Å². The third-order valence-corrected chi connectivity index (χ3v) is 6.00. The van der Waals surface area contributed by atoms with Crippen molar-refractivity contribution in [1.29, 1.82) is 0 Å². The summed E-state index contributed by atoms with van der Waals surface area (Å²) in [6, 6.07) is 12.7. The Labute approximate surface area is 172 Å². The van der Waals surface area contributed by atoms with Gasteiger partial charge in [-0.1, -0.05) is 24.3 Å². The Morgan fingerprint density at radius 1 is 1.13 bits per heavy atom. The average Bonchev–Trinajstić information content (AvgIpc) is 3.27. The minimum Gasteiger partial charge on any atom is -0.493 e. The summed E-state index contributed by atoms with van der Waals surface area (Å²) in [6.45, 7) is 0.610. The van der Waals surface area contributed by atoms with Gasteiger partial charge in [-0.2, -0.15) is 0 Å². The fourth-order valence-electron chi connectivity index (χ4n) is 4.60. The summed E-state index contributed by atoms with van der Waals surface area (Å²) in [5, 5.41) is 4.21. The maximum Gasteiger partial charge on any atom is 0.360 e. The normalized spacial score (nSPS) is 22.1. The number of benzene rings is 2. The summed E-state index contributed by atoms with van der Waals surface area (Å²) in [7, 11) is 2.91. The highest BCUT2D eigenvalue weighted by Crippen LogP contribution is 2.51. The number of hydrogen-bond acceptors (Lipinski definition) is 7. The number of rotatable bonds is 3. The van der Waals surface area contributed by atoms with Crippen molar-refractivity contribution in [2.45, 2.75) is 18.6 Å². The molecule has 0 bridgehead atoms. The zero-order valence-electron chi connectivity index (χ0n) is 16.6. The van der Waals surface area contributed by atoms with Crippen molar-refractivity contribution in [3.8, 4) is 5.75 Å². The number of para-hydroxylation sites is 1. The lowest BCUT2D eigenvalue weighted by Crippen LogP contribution is -2.32. The Kier molecular flexibility index (Phi) is 4.47. The molecule has 0 aliphatic carbocycles. The van der Waals surface area contributed by atoms with Gasteiger partial charge < -0.3 is 23.9 Å². The average molecular weight is 407 g/mol. The third-order valence-electron chi connectivity index (χ3n) is 6.00. The van der Waals surface area contributed by atoms with Crippen LogP contribution in [0.1, 0.15) is 40.1 Å². The Morgan fingerprint density at radius 3 is 2.67 bits per heavy atom. The first-order chi connectivity index (χ1) is 14.6. The van der Waals surface area contributed by atoms with Gasteiger partial charge in [0.15, 0.2) is 11.3 Å². The second-order valence-electron chi connectivity index (χ2n) is 7.49. The Hall–Kier alpha value is -3.32. The van der Waals surface area contributed by atoms with Crippen LogP contribution in [0.25, 0.3) is 11.0 Å². The van der Waals surface area contributed by atoms with Crippen LogP contribution >= 0.6 is 0 Å². The van der Waals surface area contributed by atoms with Crippen LogP contribution in [0.2, 0.25) is 0 Å². The molecule has 7 heteroatoms. The summed E-state index contributed by atoms with van der Waals surface area (Å²) < 4.78 is 21.9. The zero-order valence-corrected chi connectivity index (χ0v) is 16.6. The van der Waals surface area contributed by atoms with Gasteiger partial charge in [-0.3, -0.25) is 0 Å². The summed E-state index contributed by atoms with van der Waals surface area (Å²) in [6.07, 6.45) is 0.622. The van der Waals surface area contributed by atoms with E-state index < -0.39 is 5.63 Å². The van der Waals surface area contributed by atoms with Crippen molar-refractivity contribution < 1.29 is 23.4 Å². The van der Waals surface area contributed by atoms with E-state index in [9.17, 15) is 9.59 Å². The quantitative estimate of drug-likeness (QED) is 0.521. The number of carbonyl (C=O) groups excluding carboxylic acids is 1. The number of anilines is 1. The standard InChI is InChI=1S/C23H21NO6/c1-27-16-5-3-4-14-17-19(23(26)30-20(14)16)24-18(15-10-11-29-21(15)17)12-6-8-13(9-7-12)22(25)28-2/h3-9,15,18,21,24H,10-11H2,1-2H3/t15-,18+,21-/m0/s1. The summed E-state index contributed by atoms with van der Waals surface area (Å²) in [5.41, 5.74) is 2.67. The molecule has 3 heterocycles. The molecule has 0 saturated carbocycles. The van der Waals surface area contributed by atoms with Crippen LogP contribution in [0, 0.1) is 5.92 Å². The Bertz CT molecular complexity index is 1180. The molecule has 0 amide bonds. The molecule has 2 aliphatic rings. The lowest BCUT2D eigenvalue weighted by atomic mass is 9.80. The molecule has 5 rings (SSSR count). The predicted molar refractivity (Wildman–Crippen MR) is 110 cm³/mol. The molecule has 1 fully saturated rings. The van der Waals surface area contributed by atoms with E-state index in [1.165, 1.54) is 7.11 Å². The van der Waals surface area contributed by atoms with Crippen molar-refractivity contribution in [3.63, 3.8) is 0 Å². The monoisotopic (exact) mass is 407 g/mol. The maximum absolute atomic E-state index is 12.9. The van der Waals surface area contributed by atoms with Crippen LogP contribution in [0.15, 0.2) is 51.7 Å². The first-order valence-corrected chi connectivity index (χ1v) is 9.82. The van der Waals surface area contributed by atoms with Crippen molar-refractivity contribution >= 4 is 22.6 Å². The van der Waals surface area contributed by atoms with E-state index in [2.05, 4.69) is 5.32 Å². The van der Waals surface area contributed by atoms with Crippen molar-refractivity contribution in [2.24, 2.45) is 5.92 Å². The minimum absolute atomic E-state index is 0.136. The smallest absolute Gasteiger partial charge is 0.360 e.